The van der Waals surface area contributed by atoms with Gasteiger partial charge in [0, 0.05) is 48.3 Å². The third kappa shape index (κ3) is 7.61. The van der Waals surface area contributed by atoms with Gasteiger partial charge in [-0.3, -0.25) is 11.4 Å². The largest absolute Gasteiger partial charge is 1.00 e. The minimum absolute atomic E-state index is 0. The van der Waals surface area contributed by atoms with Gasteiger partial charge in [0.15, 0.2) is 5.78 Å². The van der Waals surface area contributed by atoms with E-state index in [4.69, 9.17) is 21.5 Å². The van der Waals surface area contributed by atoms with Gasteiger partial charge in [-0.05, 0) is 68.0 Å². The molecule has 10 heteroatoms. The van der Waals surface area contributed by atoms with Crippen LogP contribution >= 0.6 is 0 Å². The molecule has 1 saturated heterocycles. The van der Waals surface area contributed by atoms with E-state index in [1.807, 2.05) is 31.2 Å². The van der Waals surface area contributed by atoms with Crippen LogP contribution in [-0.4, -0.2) is 48.0 Å². The second-order valence-electron chi connectivity index (χ2n) is 10.5. The molecule has 1 N–H and O–H groups in total. The number of benzene rings is 2. The zero-order valence-corrected chi connectivity index (χ0v) is 24.6. The molecule has 0 radical (unpaired) electrons. The van der Waals surface area contributed by atoms with Crippen LogP contribution in [0.5, 0.6) is 11.5 Å². The van der Waals surface area contributed by atoms with Crippen LogP contribution in [0.4, 0.5) is 17.2 Å². The summed E-state index contributed by atoms with van der Waals surface area (Å²) in [6, 6.07) is 9.81. The number of aryl methyl sites for hydroxylation is 1. The normalized spacial score (nSPS) is 18.0. The number of aromatic nitrogens is 2. The average Bonchev–Trinajstić information content (AvgIpc) is 3.31. The smallest absolute Gasteiger partial charge is 0.577 e. The molecule has 0 spiro atoms. The molecule has 1 aromatic heterocycles. The van der Waals surface area contributed by atoms with E-state index < -0.39 is 0 Å². The standard InChI is InChI=1S/C33H33N6O3.Li/c1-4-26(40)10-8-23-7-6-14-39-18-24(23)19-41-32-17-29-28(16-30(32)39)33(37-21-36-29)38-25-9-11-31(22(3)15-25)42-27(5-2)12-13-35-20-34;/h2,4-5,9,11-12,15-17,20-21,23-24H,1,6-8,10,14,18-19H2,3H3,(H,36,37,38);/q-3;+1/b27-12+;/t23?,24-;/m1./s1. The number of ether oxygens (including phenoxy) is 2. The number of fused-ring (bicyclic) bond motifs is 5. The minimum atomic E-state index is 0. The summed E-state index contributed by atoms with van der Waals surface area (Å²) in [7, 11) is 0. The maximum Gasteiger partial charge on any atom is 1.00 e. The van der Waals surface area contributed by atoms with Gasteiger partial charge in [-0.1, -0.05) is 6.58 Å². The Balaban J connectivity index is 0.00000423. The van der Waals surface area contributed by atoms with Gasteiger partial charge in [0.2, 0.25) is 0 Å². The topological polar surface area (TPSA) is 111 Å². The van der Waals surface area contributed by atoms with Crippen molar-refractivity contribution in [2.24, 2.45) is 16.8 Å². The summed E-state index contributed by atoms with van der Waals surface area (Å²) in [6.45, 7) is 13.6. The summed E-state index contributed by atoms with van der Waals surface area (Å²) >= 11 is 0. The van der Waals surface area contributed by atoms with Crippen molar-refractivity contribution in [1.29, 1.82) is 0 Å². The van der Waals surface area contributed by atoms with Crippen LogP contribution in [-0.2, 0) is 4.79 Å². The van der Waals surface area contributed by atoms with E-state index >= 15 is 0 Å². The molecule has 5 rings (SSSR count). The van der Waals surface area contributed by atoms with Crippen LogP contribution in [0.3, 0.4) is 0 Å². The van der Waals surface area contributed by atoms with E-state index in [9.17, 15) is 4.79 Å². The van der Waals surface area contributed by atoms with Gasteiger partial charge in [-0.25, -0.2) is 22.5 Å². The summed E-state index contributed by atoms with van der Waals surface area (Å²) < 4.78 is 12.2. The molecule has 0 aliphatic carbocycles. The summed E-state index contributed by atoms with van der Waals surface area (Å²) in [5.41, 5.74) is 3.54. The number of hydrogen-bond acceptors (Lipinski definition) is 7. The second-order valence-corrected chi connectivity index (χ2v) is 10.5. The van der Waals surface area contributed by atoms with Crippen molar-refractivity contribution in [3.8, 4) is 11.5 Å². The van der Waals surface area contributed by atoms with Crippen molar-refractivity contribution < 1.29 is 33.1 Å². The van der Waals surface area contributed by atoms with Crippen molar-refractivity contribution >= 4 is 46.4 Å². The first-order chi connectivity index (χ1) is 20.5. The zero-order valence-electron chi connectivity index (χ0n) is 24.6. The number of ketones is 1. The van der Waals surface area contributed by atoms with E-state index in [1.54, 1.807) is 6.33 Å². The van der Waals surface area contributed by atoms with Crippen LogP contribution in [0.25, 0.3) is 16.3 Å². The maximum atomic E-state index is 11.9. The summed E-state index contributed by atoms with van der Waals surface area (Å²) in [5.74, 6) is 3.35. The van der Waals surface area contributed by atoms with Crippen molar-refractivity contribution in [2.75, 3.05) is 29.9 Å². The third-order valence-electron chi connectivity index (χ3n) is 7.79. The number of allylic oxidation sites excluding steroid dienone is 3. The molecule has 2 atom stereocenters. The van der Waals surface area contributed by atoms with Crippen LogP contribution < -0.4 is 38.6 Å². The number of nitrogens with zero attached hydrogens (tertiary/aromatic N) is 5. The molecule has 2 bridgehead atoms. The Hall–Kier alpha value is -4.19. The Morgan fingerprint density at radius 3 is 2.98 bits per heavy atom. The average molecular weight is 569 g/mol. The first-order valence-corrected chi connectivity index (χ1v) is 14.0. The molecule has 0 amide bonds. The van der Waals surface area contributed by atoms with E-state index in [0.29, 0.717) is 48.5 Å². The molecule has 2 aromatic carbocycles. The Morgan fingerprint density at radius 2 is 2.21 bits per heavy atom. The first-order valence-electron chi connectivity index (χ1n) is 14.0. The number of anilines is 3. The zero-order chi connectivity index (χ0) is 29.5. The maximum absolute atomic E-state index is 11.9. The predicted octanol–water partition coefficient (Wildman–Crippen LogP) is 3.24. The summed E-state index contributed by atoms with van der Waals surface area (Å²) in [6.07, 6.45) is 12.4. The molecular weight excluding hydrogens is 535 g/mol. The van der Waals surface area contributed by atoms with Gasteiger partial charge < -0.3 is 30.1 Å². The number of carbonyl (C=O) groups is 1. The van der Waals surface area contributed by atoms with E-state index in [-0.39, 0.29) is 24.6 Å². The van der Waals surface area contributed by atoms with Gasteiger partial charge in [0.05, 0.1) is 17.8 Å². The molecule has 2 aliphatic rings. The summed E-state index contributed by atoms with van der Waals surface area (Å²) in [5, 5.41) is 13.0. The third-order valence-corrected chi connectivity index (χ3v) is 7.79. The van der Waals surface area contributed by atoms with E-state index in [1.165, 1.54) is 18.2 Å². The Bertz CT molecular complexity index is 1570. The van der Waals surface area contributed by atoms with Crippen LogP contribution in [0.15, 0.2) is 72.2 Å². The summed E-state index contributed by atoms with van der Waals surface area (Å²) in [4.78, 5) is 26.9. The molecule has 43 heavy (non-hydrogen) atoms. The van der Waals surface area contributed by atoms with Crippen LogP contribution in [0.1, 0.15) is 31.2 Å². The van der Waals surface area contributed by atoms with E-state index in [2.05, 4.69) is 44.0 Å². The molecule has 0 saturated carbocycles. The quantitative estimate of drug-likeness (QED) is 0.0719. The van der Waals surface area contributed by atoms with Gasteiger partial charge in [-0.2, -0.15) is 6.08 Å². The molecular formula is C33H33LiN6O3-2. The molecule has 3 heterocycles. The van der Waals surface area contributed by atoms with E-state index in [0.717, 1.165) is 65.9 Å². The predicted molar refractivity (Wildman–Crippen MR) is 167 cm³/mol. The van der Waals surface area contributed by atoms with Crippen molar-refractivity contribution in [3.05, 3.63) is 84.8 Å². The molecule has 2 aliphatic heterocycles. The van der Waals surface area contributed by atoms with Gasteiger partial charge in [-0.15, -0.1) is 6.08 Å². The van der Waals surface area contributed by atoms with Crippen molar-refractivity contribution in [1.82, 2.24) is 9.97 Å². The molecule has 3 aromatic rings. The van der Waals surface area contributed by atoms with Crippen molar-refractivity contribution in [2.45, 2.75) is 32.6 Å². The van der Waals surface area contributed by atoms with Crippen molar-refractivity contribution in [3.63, 3.8) is 0 Å². The molecule has 1 fully saturated rings. The number of hydrogen-bond donors (Lipinski definition) is 1. The first kappa shape index (κ1) is 31.7. The van der Waals surface area contributed by atoms with Crippen LogP contribution in [0.2, 0.25) is 0 Å². The Kier molecular flexibility index (Phi) is 10.9. The number of aliphatic imine (C=N–C) groups is 1. The molecule has 216 valence electrons. The number of nitrogens with one attached hydrogen (secondary N) is 1. The van der Waals surface area contributed by atoms with Gasteiger partial charge in [0.25, 0.3) is 0 Å². The fourth-order valence-electron chi connectivity index (χ4n) is 5.60. The second kappa shape index (κ2) is 14.8. The fourth-order valence-corrected chi connectivity index (χ4v) is 5.60. The van der Waals surface area contributed by atoms with Gasteiger partial charge >= 0.3 is 18.9 Å². The Labute approximate surface area is 264 Å². The minimum Gasteiger partial charge on any atom is -0.577 e. The van der Waals surface area contributed by atoms with Crippen LogP contribution in [0, 0.1) is 25.3 Å². The molecule has 1 unspecified atom stereocenters. The fraction of sp³-hybridized carbons (Fsp3) is 0.303. The Morgan fingerprint density at radius 1 is 1.35 bits per heavy atom. The number of carbonyl (C=O) groups excluding carboxylic acids is 1. The monoisotopic (exact) mass is 568 g/mol. The molecule has 9 nitrogen and oxygen atoms in total. The number of rotatable bonds is 11. The SMILES string of the molecule is [CH-]=C/C(=C\[C-]=NC=[N-])Oc1ccc(Nc2ncnc3cc4c(cc23)N2CCCC(CCC(=O)C=C)[C@@H](CO4)C2)cc1C.[Li+]. The van der Waals surface area contributed by atoms with Gasteiger partial charge in [0.1, 0.15) is 23.6 Å².